The molecule has 0 aliphatic rings. The van der Waals surface area contributed by atoms with Gasteiger partial charge in [-0.05, 0) is 31.1 Å². The molecule has 0 bridgehead atoms. The van der Waals surface area contributed by atoms with E-state index in [-0.39, 0.29) is 6.29 Å². The molecule has 0 aromatic heterocycles. The molecule has 0 radical (unpaired) electrons. The van der Waals surface area contributed by atoms with Gasteiger partial charge in [-0.2, -0.15) is 0 Å². The summed E-state index contributed by atoms with van der Waals surface area (Å²) in [5, 5.41) is 0. The third-order valence-electron chi connectivity index (χ3n) is 1.28. The van der Waals surface area contributed by atoms with Crippen LogP contribution in [0.15, 0.2) is 0 Å². The molecular weight excluding hydrogens is 255 g/mol. The number of unbranched alkanes of at least 4 members (excludes halogenated alkanes) is 1. The molecule has 0 spiro atoms. The first-order valence-corrected chi connectivity index (χ1v) is 5.63. The summed E-state index contributed by atoms with van der Waals surface area (Å²) >= 11 is 2.37. The molecule has 11 heavy (non-hydrogen) atoms. The normalized spacial score (nSPS) is 13.4. The third-order valence-corrected chi connectivity index (χ3v) is 2.04. The number of alkyl halides is 1. The summed E-state index contributed by atoms with van der Waals surface area (Å²) in [6.45, 7) is 5.47. The van der Waals surface area contributed by atoms with E-state index in [1.54, 1.807) is 0 Å². The molecule has 0 saturated heterocycles. The Labute approximate surface area is 82.8 Å². The van der Waals surface area contributed by atoms with Gasteiger partial charge < -0.3 is 9.47 Å². The van der Waals surface area contributed by atoms with Crippen molar-refractivity contribution in [2.24, 2.45) is 0 Å². The Morgan fingerprint density at radius 3 is 2.55 bits per heavy atom. The van der Waals surface area contributed by atoms with E-state index in [1.165, 1.54) is 10.8 Å². The Bertz CT molecular complexity index is 78.5. The number of hydrogen-bond donors (Lipinski definition) is 0. The zero-order chi connectivity index (χ0) is 8.53. The van der Waals surface area contributed by atoms with Crippen LogP contribution in [0.5, 0.6) is 0 Å². The van der Waals surface area contributed by atoms with Gasteiger partial charge in [0.15, 0.2) is 6.29 Å². The van der Waals surface area contributed by atoms with Crippen LogP contribution in [-0.4, -0.2) is 23.9 Å². The van der Waals surface area contributed by atoms with E-state index < -0.39 is 0 Å². The van der Waals surface area contributed by atoms with Gasteiger partial charge in [0.1, 0.15) is 0 Å². The van der Waals surface area contributed by atoms with Gasteiger partial charge >= 0.3 is 0 Å². The van der Waals surface area contributed by atoms with Gasteiger partial charge in [0.25, 0.3) is 0 Å². The number of hydrogen-bond acceptors (Lipinski definition) is 2. The monoisotopic (exact) mass is 272 g/mol. The highest BCUT2D eigenvalue weighted by Crippen LogP contribution is 1.98. The molecule has 0 aliphatic carbocycles. The van der Waals surface area contributed by atoms with Gasteiger partial charge in [0.2, 0.25) is 0 Å². The Hall–Kier alpha value is 0.650. The lowest BCUT2D eigenvalue weighted by Gasteiger charge is -2.11. The first kappa shape index (κ1) is 11.6. The number of halogens is 1. The van der Waals surface area contributed by atoms with E-state index in [0.717, 1.165) is 19.6 Å². The molecule has 0 amide bonds. The van der Waals surface area contributed by atoms with Crippen LogP contribution in [0.2, 0.25) is 0 Å². The van der Waals surface area contributed by atoms with Gasteiger partial charge in [-0.1, -0.05) is 22.6 Å². The van der Waals surface area contributed by atoms with Gasteiger partial charge in [-0.15, -0.1) is 0 Å². The molecule has 3 heteroatoms. The Kier molecular flexibility index (Phi) is 9.26. The lowest BCUT2D eigenvalue weighted by Crippen LogP contribution is -2.13. The summed E-state index contributed by atoms with van der Waals surface area (Å²) < 4.78 is 11.8. The molecule has 0 aromatic carbocycles. The molecule has 0 fully saturated rings. The van der Waals surface area contributed by atoms with Crippen molar-refractivity contribution in [3.05, 3.63) is 0 Å². The Morgan fingerprint density at radius 2 is 2.00 bits per heavy atom. The fourth-order valence-corrected chi connectivity index (χ4v) is 1.27. The van der Waals surface area contributed by atoms with Gasteiger partial charge in [0.05, 0.1) is 0 Å². The topological polar surface area (TPSA) is 18.5 Å². The van der Waals surface area contributed by atoms with E-state index in [4.69, 9.17) is 9.47 Å². The Morgan fingerprint density at radius 1 is 1.27 bits per heavy atom. The second-order valence-electron chi connectivity index (χ2n) is 2.29. The molecule has 1 unspecified atom stereocenters. The zero-order valence-electron chi connectivity index (χ0n) is 7.31. The fourth-order valence-electron chi connectivity index (χ4n) is 0.729. The van der Waals surface area contributed by atoms with E-state index in [1.807, 2.05) is 13.8 Å². The lowest BCUT2D eigenvalue weighted by atomic mass is 10.4. The van der Waals surface area contributed by atoms with Crippen LogP contribution < -0.4 is 0 Å². The molecule has 0 saturated carbocycles. The summed E-state index contributed by atoms with van der Waals surface area (Å²) in [5.74, 6) is 0. The number of ether oxygens (including phenoxy) is 2. The summed E-state index contributed by atoms with van der Waals surface area (Å²) in [4.78, 5) is 0. The maximum absolute atomic E-state index is 5.36. The largest absolute Gasteiger partial charge is 0.353 e. The van der Waals surface area contributed by atoms with Crippen LogP contribution in [0.4, 0.5) is 0 Å². The van der Waals surface area contributed by atoms with Crippen molar-refractivity contribution in [2.75, 3.05) is 17.6 Å². The van der Waals surface area contributed by atoms with Crippen molar-refractivity contribution in [1.82, 2.24) is 0 Å². The van der Waals surface area contributed by atoms with E-state index >= 15 is 0 Å². The molecule has 0 rings (SSSR count). The van der Waals surface area contributed by atoms with Gasteiger partial charge in [0, 0.05) is 13.2 Å². The first-order chi connectivity index (χ1) is 5.31. The molecule has 0 N–H and O–H groups in total. The molecule has 0 aliphatic heterocycles. The maximum atomic E-state index is 5.36. The summed E-state index contributed by atoms with van der Waals surface area (Å²) in [6, 6.07) is 0. The molecule has 1 atom stereocenters. The van der Waals surface area contributed by atoms with Crippen LogP contribution >= 0.6 is 22.6 Å². The summed E-state index contributed by atoms with van der Waals surface area (Å²) in [5.41, 5.74) is 0. The highest BCUT2D eigenvalue weighted by Gasteiger charge is 1.98. The summed E-state index contributed by atoms with van der Waals surface area (Å²) in [6.07, 6.45) is 2.34. The van der Waals surface area contributed by atoms with Crippen molar-refractivity contribution in [3.63, 3.8) is 0 Å². The second kappa shape index (κ2) is 8.74. The highest BCUT2D eigenvalue weighted by molar-refractivity contribution is 14.1. The minimum atomic E-state index is -0.0331. The predicted molar refractivity (Wildman–Crippen MR) is 55.2 cm³/mol. The zero-order valence-corrected chi connectivity index (χ0v) is 9.46. The third kappa shape index (κ3) is 8.56. The SMILES string of the molecule is CCOC(C)OCCCCI. The standard InChI is InChI=1S/C8H17IO2/c1-3-10-8(2)11-7-5-4-6-9/h8H,3-7H2,1-2H3. The quantitative estimate of drug-likeness (QED) is 0.307. The van der Waals surface area contributed by atoms with Crippen LogP contribution in [-0.2, 0) is 9.47 Å². The molecule has 2 nitrogen and oxygen atoms in total. The highest BCUT2D eigenvalue weighted by atomic mass is 127. The molecule has 0 heterocycles. The Balaban J connectivity index is 2.97. The van der Waals surface area contributed by atoms with Crippen molar-refractivity contribution in [1.29, 1.82) is 0 Å². The maximum Gasteiger partial charge on any atom is 0.154 e. The van der Waals surface area contributed by atoms with Crippen molar-refractivity contribution in [3.8, 4) is 0 Å². The summed E-state index contributed by atoms with van der Waals surface area (Å²) in [7, 11) is 0. The van der Waals surface area contributed by atoms with Crippen LogP contribution in [0.25, 0.3) is 0 Å². The van der Waals surface area contributed by atoms with Crippen molar-refractivity contribution in [2.45, 2.75) is 33.0 Å². The fraction of sp³-hybridized carbons (Fsp3) is 1.00. The van der Waals surface area contributed by atoms with E-state index in [2.05, 4.69) is 22.6 Å². The van der Waals surface area contributed by atoms with Gasteiger partial charge in [-0.25, -0.2) is 0 Å². The molecule has 68 valence electrons. The predicted octanol–water partition coefficient (Wildman–Crippen LogP) is 2.60. The first-order valence-electron chi connectivity index (χ1n) is 4.10. The van der Waals surface area contributed by atoms with E-state index in [0.29, 0.717) is 0 Å². The van der Waals surface area contributed by atoms with Crippen molar-refractivity contribution < 1.29 is 9.47 Å². The van der Waals surface area contributed by atoms with Gasteiger partial charge in [-0.3, -0.25) is 0 Å². The van der Waals surface area contributed by atoms with Crippen LogP contribution in [0, 0.1) is 0 Å². The number of rotatable bonds is 7. The van der Waals surface area contributed by atoms with Crippen LogP contribution in [0.3, 0.4) is 0 Å². The minimum absolute atomic E-state index is 0.0331. The average molecular weight is 272 g/mol. The lowest BCUT2D eigenvalue weighted by molar-refractivity contribution is -0.127. The second-order valence-corrected chi connectivity index (χ2v) is 3.37. The van der Waals surface area contributed by atoms with E-state index in [9.17, 15) is 0 Å². The smallest absolute Gasteiger partial charge is 0.154 e. The molecule has 0 aromatic rings. The minimum Gasteiger partial charge on any atom is -0.353 e. The molecular formula is C8H17IO2. The average Bonchev–Trinajstić information content (AvgIpc) is 1.99. The van der Waals surface area contributed by atoms with Crippen molar-refractivity contribution >= 4 is 22.6 Å². The van der Waals surface area contributed by atoms with Crippen LogP contribution in [0.1, 0.15) is 26.7 Å².